The molecule has 1 aliphatic rings. The number of carbonyl (C=O) groups excluding carboxylic acids is 1. The van der Waals surface area contributed by atoms with Gasteiger partial charge in [0.05, 0.1) is 27.3 Å². The molecule has 0 spiro atoms. The smallest absolute Gasteiger partial charge is 0.260 e. The van der Waals surface area contributed by atoms with Crippen molar-refractivity contribution in [3.63, 3.8) is 0 Å². The maximum absolute atomic E-state index is 13.4. The lowest BCUT2D eigenvalue weighted by Crippen LogP contribution is -2.37. The molecule has 0 N–H and O–H groups in total. The van der Waals surface area contributed by atoms with E-state index >= 15 is 0 Å². The third kappa shape index (κ3) is 4.30. The van der Waals surface area contributed by atoms with E-state index in [0.717, 1.165) is 23.8 Å². The molecule has 6 nitrogen and oxygen atoms in total. The summed E-state index contributed by atoms with van der Waals surface area (Å²) in [7, 11) is -3.42. The second kappa shape index (κ2) is 8.02. The van der Waals surface area contributed by atoms with Crippen LogP contribution in [-0.4, -0.2) is 44.8 Å². The molecule has 0 aliphatic carbocycles. The Kier molecular flexibility index (Phi) is 5.61. The molecular formula is C20H19ClN2O4S2. The number of benzene rings is 2. The third-order valence-electron chi connectivity index (χ3n) is 4.75. The summed E-state index contributed by atoms with van der Waals surface area (Å²) in [4.78, 5) is 19.6. The molecule has 3 aromatic rings. The lowest BCUT2D eigenvalue weighted by atomic mass is 10.2. The van der Waals surface area contributed by atoms with Gasteiger partial charge in [0.15, 0.2) is 15.0 Å². The number of thiazole rings is 1. The first kappa shape index (κ1) is 20.3. The van der Waals surface area contributed by atoms with Crippen molar-refractivity contribution in [2.24, 2.45) is 0 Å². The van der Waals surface area contributed by atoms with Crippen LogP contribution in [0.1, 0.15) is 23.2 Å². The minimum absolute atomic E-state index is 0.0838. The van der Waals surface area contributed by atoms with Gasteiger partial charge in [-0.25, -0.2) is 13.4 Å². The van der Waals surface area contributed by atoms with Gasteiger partial charge >= 0.3 is 0 Å². The highest BCUT2D eigenvalue weighted by atomic mass is 35.5. The van der Waals surface area contributed by atoms with Crippen LogP contribution in [0.4, 0.5) is 5.13 Å². The van der Waals surface area contributed by atoms with Gasteiger partial charge in [0.2, 0.25) is 0 Å². The number of para-hydroxylation sites is 1. The topological polar surface area (TPSA) is 76.6 Å². The van der Waals surface area contributed by atoms with Crippen LogP contribution in [0.3, 0.4) is 0 Å². The molecule has 0 saturated carbocycles. The van der Waals surface area contributed by atoms with Crippen LogP contribution < -0.4 is 4.90 Å². The zero-order chi connectivity index (χ0) is 20.6. The number of aromatic nitrogens is 1. The van der Waals surface area contributed by atoms with Crippen LogP contribution in [0.2, 0.25) is 5.02 Å². The summed E-state index contributed by atoms with van der Waals surface area (Å²) < 4.78 is 30.4. The van der Waals surface area contributed by atoms with E-state index in [4.69, 9.17) is 16.3 Å². The van der Waals surface area contributed by atoms with Crippen molar-refractivity contribution in [2.75, 3.05) is 24.3 Å². The number of hydrogen-bond acceptors (Lipinski definition) is 6. The number of hydrogen-bond donors (Lipinski definition) is 0. The zero-order valence-electron chi connectivity index (χ0n) is 15.7. The highest BCUT2D eigenvalue weighted by Crippen LogP contribution is 2.34. The number of rotatable bonds is 5. The van der Waals surface area contributed by atoms with Crippen LogP contribution in [0.25, 0.3) is 10.2 Å². The minimum Gasteiger partial charge on any atom is -0.376 e. The van der Waals surface area contributed by atoms with Crippen LogP contribution >= 0.6 is 22.9 Å². The van der Waals surface area contributed by atoms with Crippen molar-refractivity contribution in [3.05, 3.63) is 53.1 Å². The molecule has 2 aromatic carbocycles. The molecule has 0 radical (unpaired) electrons. The van der Waals surface area contributed by atoms with Gasteiger partial charge in [0, 0.05) is 18.4 Å². The Morgan fingerprint density at radius 3 is 2.79 bits per heavy atom. The van der Waals surface area contributed by atoms with E-state index < -0.39 is 9.84 Å². The average molecular weight is 451 g/mol. The van der Waals surface area contributed by atoms with Crippen molar-refractivity contribution < 1.29 is 17.9 Å². The fraction of sp³-hybridized carbons (Fsp3) is 0.300. The quantitative estimate of drug-likeness (QED) is 0.582. The van der Waals surface area contributed by atoms with E-state index in [9.17, 15) is 13.2 Å². The summed E-state index contributed by atoms with van der Waals surface area (Å²) >= 11 is 7.63. The molecular weight excluding hydrogens is 432 g/mol. The van der Waals surface area contributed by atoms with Gasteiger partial charge in [0.25, 0.3) is 5.91 Å². The van der Waals surface area contributed by atoms with Crippen molar-refractivity contribution in [1.82, 2.24) is 4.98 Å². The fourth-order valence-corrected chi connectivity index (χ4v) is 5.21. The number of sulfone groups is 1. The van der Waals surface area contributed by atoms with Crippen molar-refractivity contribution >= 4 is 54.0 Å². The molecule has 1 amide bonds. The standard InChI is InChI=1S/C20H19ClN2O4S2/c1-29(25,26)15-7-2-5-13(11-15)19(24)23(12-14-6-4-10-27-14)20-22-18-16(21)8-3-9-17(18)28-20/h2-3,5,7-9,11,14H,4,6,10,12H2,1H3. The lowest BCUT2D eigenvalue weighted by molar-refractivity contribution is 0.0917. The van der Waals surface area contributed by atoms with E-state index in [0.29, 0.717) is 28.8 Å². The molecule has 2 heterocycles. The summed E-state index contributed by atoms with van der Waals surface area (Å²) in [6.45, 7) is 1.02. The van der Waals surface area contributed by atoms with Crippen molar-refractivity contribution in [2.45, 2.75) is 23.8 Å². The summed E-state index contributed by atoms with van der Waals surface area (Å²) in [5, 5.41) is 1.03. The Labute approximate surface area is 178 Å². The number of anilines is 1. The average Bonchev–Trinajstić information content (AvgIpc) is 3.35. The summed E-state index contributed by atoms with van der Waals surface area (Å²) in [6, 6.07) is 11.6. The Hall–Kier alpha value is -2.00. The van der Waals surface area contributed by atoms with Gasteiger partial charge in [-0.05, 0) is 43.2 Å². The predicted octanol–water partition coefficient (Wildman–Crippen LogP) is 4.18. The Balaban J connectivity index is 1.75. The summed E-state index contributed by atoms with van der Waals surface area (Å²) in [5.74, 6) is -0.318. The van der Waals surface area contributed by atoms with Crippen LogP contribution in [0.5, 0.6) is 0 Å². The second-order valence-corrected chi connectivity index (χ2v) is 10.4. The molecule has 1 fully saturated rings. The molecule has 152 valence electrons. The normalized spacial score (nSPS) is 17.0. The van der Waals surface area contributed by atoms with Crippen LogP contribution in [-0.2, 0) is 14.6 Å². The molecule has 4 rings (SSSR count). The maximum atomic E-state index is 13.4. The van der Waals surface area contributed by atoms with Crippen molar-refractivity contribution in [1.29, 1.82) is 0 Å². The molecule has 1 saturated heterocycles. The first-order chi connectivity index (χ1) is 13.8. The highest BCUT2D eigenvalue weighted by Gasteiger charge is 2.27. The third-order valence-corrected chi connectivity index (χ3v) is 7.21. The Morgan fingerprint density at radius 1 is 1.31 bits per heavy atom. The maximum Gasteiger partial charge on any atom is 0.260 e. The number of amides is 1. The molecule has 29 heavy (non-hydrogen) atoms. The number of ether oxygens (including phenoxy) is 1. The highest BCUT2D eigenvalue weighted by molar-refractivity contribution is 7.90. The van der Waals surface area contributed by atoms with Gasteiger partial charge < -0.3 is 4.74 Å². The number of nitrogens with zero attached hydrogens (tertiary/aromatic N) is 2. The summed E-state index contributed by atoms with van der Waals surface area (Å²) in [5.41, 5.74) is 0.931. The largest absolute Gasteiger partial charge is 0.376 e. The molecule has 0 bridgehead atoms. The van der Waals surface area contributed by atoms with E-state index in [-0.39, 0.29) is 22.5 Å². The Morgan fingerprint density at radius 2 is 2.10 bits per heavy atom. The van der Waals surface area contributed by atoms with E-state index in [2.05, 4.69) is 4.98 Å². The molecule has 1 unspecified atom stereocenters. The molecule has 1 aromatic heterocycles. The van der Waals surface area contributed by atoms with Crippen LogP contribution in [0.15, 0.2) is 47.4 Å². The van der Waals surface area contributed by atoms with Gasteiger partial charge in [-0.2, -0.15) is 0 Å². The number of fused-ring (bicyclic) bond motifs is 1. The Bertz CT molecular complexity index is 1170. The van der Waals surface area contributed by atoms with E-state index in [1.807, 2.05) is 12.1 Å². The predicted molar refractivity (Wildman–Crippen MR) is 115 cm³/mol. The zero-order valence-corrected chi connectivity index (χ0v) is 18.1. The van der Waals surface area contributed by atoms with E-state index in [1.165, 1.54) is 23.5 Å². The number of halogens is 1. The van der Waals surface area contributed by atoms with Gasteiger partial charge in [-0.1, -0.05) is 35.1 Å². The number of carbonyl (C=O) groups is 1. The first-order valence-electron chi connectivity index (χ1n) is 9.11. The second-order valence-electron chi connectivity index (χ2n) is 6.93. The monoisotopic (exact) mass is 450 g/mol. The molecule has 9 heteroatoms. The van der Waals surface area contributed by atoms with Gasteiger partial charge in [-0.15, -0.1) is 0 Å². The fourth-order valence-electron chi connectivity index (χ4n) is 3.27. The van der Waals surface area contributed by atoms with Gasteiger partial charge in [0.1, 0.15) is 5.52 Å². The van der Waals surface area contributed by atoms with E-state index in [1.54, 1.807) is 23.1 Å². The van der Waals surface area contributed by atoms with Crippen LogP contribution in [0, 0.1) is 0 Å². The summed E-state index contributed by atoms with van der Waals surface area (Å²) in [6.07, 6.45) is 2.84. The minimum atomic E-state index is -3.42. The first-order valence-corrected chi connectivity index (χ1v) is 12.2. The molecule has 1 aliphatic heterocycles. The van der Waals surface area contributed by atoms with Gasteiger partial charge in [-0.3, -0.25) is 9.69 Å². The van der Waals surface area contributed by atoms with Crippen molar-refractivity contribution in [3.8, 4) is 0 Å². The lowest BCUT2D eigenvalue weighted by Gasteiger charge is -2.23. The SMILES string of the molecule is CS(=O)(=O)c1cccc(C(=O)N(CC2CCCO2)c2nc3c(Cl)cccc3s2)c1. The molecule has 1 atom stereocenters.